The van der Waals surface area contributed by atoms with Crippen molar-refractivity contribution in [2.45, 2.75) is 24.9 Å². The van der Waals surface area contributed by atoms with Crippen LogP contribution in [-0.4, -0.2) is 34.0 Å². The van der Waals surface area contributed by atoms with Gasteiger partial charge in [0.25, 0.3) is 5.91 Å². The molecule has 2 aromatic carbocycles. The van der Waals surface area contributed by atoms with Gasteiger partial charge >= 0.3 is 6.18 Å². The summed E-state index contributed by atoms with van der Waals surface area (Å²) in [5.74, 6) is 0.511. The van der Waals surface area contributed by atoms with Crippen molar-refractivity contribution in [3.63, 3.8) is 0 Å². The summed E-state index contributed by atoms with van der Waals surface area (Å²) in [5, 5.41) is 4.04. The normalized spacial score (nSPS) is 17.2. The van der Waals surface area contributed by atoms with Gasteiger partial charge in [0.2, 0.25) is 11.7 Å². The Kier molecular flexibility index (Phi) is 5.64. The topological polar surface area (TPSA) is 59.2 Å². The van der Waals surface area contributed by atoms with Crippen molar-refractivity contribution in [1.29, 1.82) is 0 Å². The van der Waals surface area contributed by atoms with Gasteiger partial charge in [-0.1, -0.05) is 21.1 Å². The standard InChI is InChI=1S/C21H17BrF3N3O2/c22-17-9-5-13(6-10-17)18-26-19(30-27-18)15-2-1-11-28(12-15)20(29)14-3-7-16(8-4-14)21(23,24)25/h3-10,15H,1-2,11-12H2/t15-/m0/s1. The van der Waals surface area contributed by atoms with Crippen LogP contribution in [0.15, 0.2) is 57.5 Å². The number of hydrogen-bond acceptors (Lipinski definition) is 4. The fraction of sp³-hybridized carbons (Fsp3) is 0.286. The number of carbonyl (C=O) groups is 1. The van der Waals surface area contributed by atoms with Gasteiger partial charge in [-0.3, -0.25) is 4.79 Å². The molecular formula is C21H17BrF3N3O2. The highest BCUT2D eigenvalue weighted by Gasteiger charge is 2.32. The van der Waals surface area contributed by atoms with E-state index in [0.717, 1.165) is 35.0 Å². The summed E-state index contributed by atoms with van der Waals surface area (Å²) in [6.07, 6.45) is -2.89. The monoisotopic (exact) mass is 479 g/mol. The number of carbonyl (C=O) groups excluding carboxylic acids is 1. The van der Waals surface area contributed by atoms with Crippen LogP contribution in [0.4, 0.5) is 13.2 Å². The lowest BCUT2D eigenvalue weighted by Crippen LogP contribution is -2.39. The van der Waals surface area contributed by atoms with Crippen molar-refractivity contribution < 1.29 is 22.5 Å². The van der Waals surface area contributed by atoms with E-state index in [1.165, 1.54) is 12.1 Å². The van der Waals surface area contributed by atoms with Crippen LogP contribution in [-0.2, 0) is 6.18 Å². The van der Waals surface area contributed by atoms with Gasteiger partial charge in [0.15, 0.2) is 0 Å². The summed E-state index contributed by atoms with van der Waals surface area (Å²) < 4.78 is 44.6. The highest BCUT2D eigenvalue weighted by Crippen LogP contribution is 2.31. The minimum atomic E-state index is -4.43. The second-order valence-electron chi connectivity index (χ2n) is 7.13. The molecule has 1 saturated heterocycles. The molecule has 0 saturated carbocycles. The first-order valence-corrected chi connectivity index (χ1v) is 10.2. The molecule has 0 bridgehead atoms. The van der Waals surface area contributed by atoms with Gasteiger partial charge in [-0.25, -0.2) is 0 Å². The van der Waals surface area contributed by atoms with Crippen LogP contribution >= 0.6 is 15.9 Å². The van der Waals surface area contributed by atoms with Crippen LogP contribution in [0.5, 0.6) is 0 Å². The minimum absolute atomic E-state index is 0.117. The molecular weight excluding hydrogens is 463 g/mol. The average molecular weight is 480 g/mol. The molecule has 30 heavy (non-hydrogen) atoms. The first-order chi connectivity index (χ1) is 14.3. The van der Waals surface area contributed by atoms with Crippen molar-refractivity contribution in [2.24, 2.45) is 0 Å². The molecule has 9 heteroatoms. The van der Waals surface area contributed by atoms with E-state index in [2.05, 4.69) is 26.1 Å². The smallest absolute Gasteiger partial charge is 0.339 e. The van der Waals surface area contributed by atoms with E-state index >= 15 is 0 Å². The van der Waals surface area contributed by atoms with Crippen molar-refractivity contribution in [3.8, 4) is 11.4 Å². The molecule has 1 aliphatic rings. The number of alkyl halides is 3. The molecule has 1 amide bonds. The fourth-order valence-corrected chi connectivity index (χ4v) is 3.73. The Labute approximate surface area is 179 Å². The zero-order valence-electron chi connectivity index (χ0n) is 15.7. The Morgan fingerprint density at radius 3 is 2.47 bits per heavy atom. The number of benzene rings is 2. The van der Waals surface area contributed by atoms with Gasteiger partial charge in [0.1, 0.15) is 0 Å². The summed E-state index contributed by atoms with van der Waals surface area (Å²) >= 11 is 3.38. The molecule has 0 aliphatic carbocycles. The SMILES string of the molecule is O=C(c1ccc(C(F)(F)F)cc1)N1CCC[C@H](c2nc(-c3ccc(Br)cc3)no2)C1. The van der Waals surface area contributed by atoms with Gasteiger partial charge in [0.05, 0.1) is 11.5 Å². The van der Waals surface area contributed by atoms with Crippen LogP contribution in [0, 0.1) is 0 Å². The van der Waals surface area contributed by atoms with Gasteiger partial charge < -0.3 is 9.42 Å². The highest BCUT2D eigenvalue weighted by atomic mass is 79.9. The third-order valence-corrected chi connectivity index (χ3v) is 5.59. The van der Waals surface area contributed by atoms with Gasteiger partial charge in [-0.15, -0.1) is 0 Å². The van der Waals surface area contributed by atoms with Crippen LogP contribution in [0.3, 0.4) is 0 Å². The summed E-state index contributed by atoms with van der Waals surface area (Å²) in [4.78, 5) is 18.9. The second kappa shape index (κ2) is 8.22. The second-order valence-corrected chi connectivity index (χ2v) is 8.04. The number of aromatic nitrogens is 2. The van der Waals surface area contributed by atoms with E-state index in [-0.39, 0.29) is 17.4 Å². The Balaban J connectivity index is 1.47. The molecule has 1 atom stereocenters. The van der Waals surface area contributed by atoms with E-state index in [0.29, 0.717) is 24.8 Å². The Hall–Kier alpha value is -2.68. The molecule has 1 fully saturated rings. The number of likely N-dealkylation sites (tertiary alicyclic amines) is 1. The Bertz CT molecular complexity index is 1030. The van der Waals surface area contributed by atoms with Gasteiger partial charge in [-0.2, -0.15) is 18.2 Å². The molecule has 3 aromatic rings. The van der Waals surface area contributed by atoms with Crippen LogP contribution in [0.2, 0.25) is 0 Å². The van der Waals surface area contributed by atoms with Crippen LogP contribution in [0.1, 0.15) is 40.6 Å². The summed E-state index contributed by atoms with van der Waals surface area (Å²) in [7, 11) is 0. The maximum atomic E-state index is 12.8. The molecule has 0 spiro atoms. The summed E-state index contributed by atoms with van der Waals surface area (Å²) in [6.45, 7) is 0.909. The molecule has 0 N–H and O–H groups in total. The van der Waals surface area contributed by atoms with Crippen LogP contribution in [0.25, 0.3) is 11.4 Å². The largest absolute Gasteiger partial charge is 0.416 e. The fourth-order valence-electron chi connectivity index (χ4n) is 3.46. The third-order valence-electron chi connectivity index (χ3n) is 5.06. The number of amides is 1. The van der Waals surface area contributed by atoms with Crippen molar-refractivity contribution in [1.82, 2.24) is 15.0 Å². The molecule has 5 nitrogen and oxygen atoms in total. The third kappa shape index (κ3) is 4.40. The van der Waals surface area contributed by atoms with Crippen molar-refractivity contribution in [2.75, 3.05) is 13.1 Å². The maximum Gasteiger partial charge on any atom is 0.416 e. The minimum Gasteiger partial charge on any atom is -0.339 e. The summed E-state index contributed by atoms with van der Waals surface area (Å²) in [5.41, 5.74) is 0.272. The molecule has 2 heterocycles. The van der Waals surface area contributed by atoms with E-state index in [1.54, 1.807) is 4.90 Å². The Morgan fingerprint density at radius 2 is 1.80 bits per heavy atom. The predicted octanol–water partition coefficient (Wildman–Crippen LogP) is 5.54. The number of nitrogens with zero attached hydrogens (tertiary/aromatic N) is 3. The first kappa shape index (κ1) is 20.6. The number of rotatable bonds is 3. The molecule has 0 unspecified atom stereocenters. The van der Waals surface area contributed by atoms with Crippen molar-refractivity contribution >= 4 is 21.8 Å². The molecule has 0 radical (unpaired) electrons. The molecule has 4 rings (SSSR count). The average Bonchev–Trinajstić information content (AvgIpc) is 3.24. The maximum absolute atomic E-state index is 12.8. The van der Waals surface area contributed by atoms with E-state index in [9.17, 15) is 18.0 Å². The van der Waals surface area contributed by atoms with E-state index < -0.39 is 11.7 Å². The van der Waals surface area contributed by atoms with Crippen LogP contribution < -0.4 is 0 Å². The Morgan fingerprint density at radius 1 is 1.10 bits per heavy atom. The zero-order valence-corrected chi connectivity index (χ0v) is 17.3. The number of piperidine rings is 1. The lowest BCUT2D eigenvalue weighted by molar-refractivity contribution is -0.137. The molecule has 156 valence electrons. The molecule has 1 aromatic heterocycles. The lowest BCUT2D eigenvalue weighted by Gasteiger charge is -2.31. The van der Waals surface area contributed by atoms with E-state index in [4.69, 9.17) is 4.52 Å². The number of hydrogen-bond donors (Lipinski definition) is 0. The van der Waals surface area contributed by atoms with Gasteiger partial charge in [0, 0.05) is 28.7 Å². The molecule has 1 aliphatic heterocycles. The lowest BCUT2D eigenvalue weighted by atomic mass is 9.97. The quantitative estimate of drug-likeness (QED) is 0.494. The highest BCUT2D eigenvalue weighted by molar-refractivity contribution is 9.10. The first-order valence-electron chi connectivity index (χ1n) is 9.37. The van der Waals surface area contributed by atoms with Crippen molar-refractivity contribution in [3.05, 3.63) is 70.0 Å². The predicted molar refractivity (Wildman–Crippen MR) is 107 cm³/mol. The van der Waals surface area contributed by atoms with Gasteiger partial charge in [-0.05, 0) is 61.4 Å². The number of halogens is 4. The zero-order chi connectivity index (χ0) is 21.3. The summed E-state index contributed by atoms with van der Waals surface area (Å²) in [6, 6.07) is 11.8. The van der Waals surface area contributed by atoms with E-state index in [1.807, 2.05) is 24.3 Å².